The zero-order valence-corrected chi connectivity index (χ0v) is 22.6. The van der Waals surface area contributed by atoms with Gasteiger partial charge in [-0.2, -0.15) is 0 Å². The van der Waals surface area contributed by atoms with Crippen LogP contribution in [0.2, 0.25) is 0 Å². The second-order valence-corrected chi connectivity index (χ2v) is 8.95. The molecule has 1 aromatic heterocycles. The van der Waals surface area contributed by atoms with E-state index in [2.05, 4.69) is 30.6 Å². The van der Waals surface area contributed by atoms with E-state index < -0.39 is 0 Å². The average molecular weight is 543 g/mol. The number of rotatable bonds is 7. The van der Waals surface area contributed by atoms with E-state index in [1.807, 2.05) is 54.6 Å². The Hall–Kier alpha value is -5.56. The van der Waals surface area contributed by atoms with Crippen LogP contribution >= 0.6 is 0 Å². The smallest absolute Gasteiger partial charge is 0.226 e. The SMILES string of the molecule is C=C(OC=N)c1cc(C(=N)OC(=N)c2ccccc2)cc(-c2ncc(C3=CCC=CC=C3)o2)c1.Cc1ccccc1. The van der Waals surface area contributed by atoms with E-state index >= 15 is 0 Å². The van der Waals surface area contributed by atoms with E-state index in [0.717, 1.165) is 18.4 Å². The third kappa shape index (κ3) is 7.97. The molecular weight excluding hydrogens is 512 g/mol. The summed E-state index contributed by atoms with van der Waals surface area (Å²) in [6.07, 6.45) is 13.2. The number of benzene rings is 3. The van der Waals surface area contributed by atoms with E-state index in [9.17, 15) is 0 Å². The highest BCUT2D eigenvalue weighted by atomic mass is 16.5. The fourth-order valence-electron chi connectivity index (χ4n) is 3.83. The molecule has 0 atom stereocenters. The highest BCUT2D eigenvalue weighted by molar-refractivity contribution is 6.05. The normalized spacial score (nSPS) is 11.8. The number of aromatic nitrogens is 1. The molecule has 3 aromatic carbocycles. The van der Waals surface area contributed by atoms with Crippen LogP contribution in [0.15, 0.2) is 126 Å². The average Bonchev–Trinajstić information content (AvgIpc) is 3.33. The summed E-state index contributed by atoms with van der Waals surface area (Å²) < 4.78 is 16.7. The summed E-state index contributed by atoms with van der Waals surface area (Å²) in [4.78, 5) is 4.42. The molecule has 0 spiro atoms. The van der Waals surface area contributed by atoms with Crippen LogP contribution in [0, 0.1) is 23.2 Å². The van der Waals surface area contributed by atoms with E-state index in [0.29, 0.717) is 33.9 Å². The van der Waals surface area contributed by atoms with Gasteiger partial charge in [0.25, 0.3) is 0 Å². The summed E-state index contributed by atoms with van der Waals surface area (Å²) in [5.41, 5.74) is 4.27. The molecule has 7 heteroatoms. The summed E-state index contributed by atoms with van der Waals surface area (Å²) in [6.45, 7) is 5.93. The van der Waals surface area contributed by atoms with Crippen molar-refractivity contribution >= 4 is 29.5 Å². The number of hydrogen-bond donors (Lipinski definition) is 3. The molecule has 0 bridgehead atoms. The molecule has 41 heavy (non-hydrogen) atoms. The maximum absolute atomic E-state index is 8.44. The minimum absolute atomic E-state index is 0.147. The van der Waals surface area contributed by atoms with Crippen molar-refractivity contribution in [2.24, 2.45) is 0 Å². The molecule has 0 aliphatic heterocycles. The van der Waals surface area contributed by atoms with E-state index in [1.54, 1.807) is 48.7 Å². The molecule has 0 radical (unpaired) electrons. The molecular formula is C34H30N4O3. The Morgan fingerprint density at radius 3 is 2.27 bits per heavy atom. The maximum Gasteiger partial charge on any atom is 0.226 e. The third-order valence-corrected chi connectivity index (χ3v) is 5.93. The minimum Gasteiger partial charge on any atom is -0.446 e. The number of aryl methyl sites for hydroxylation is 1. The molecule has 0 saturated heterocycles. The van der Waals surface area contributed by atoms with Crippen LogP contribution in [0.25, 0.3) is 22.8 Å². The maximum atomic E-state index is 8.44. The molecule has 0 fully saturated rings. The van der Waals surface area contributed by atoms with Gasteiger partial charge in [-0.15, -0.1) is 0 Å². The van der Waals surface area contributed by atoms with Crippen LogP contribution in [0.3, 0.4) is 0 Å². The summed E-state index contributed by atoms with van der Waals surface area (Å²) in [7, 11) is 0. The Balaban J connectivity index is 0.000000483. The van der Waals surface area contributed by atoms with E-state index in [4.69, 9.17) is 30.1 Å². The van der Waals surface area contributed by atoms with Crippen molar-refractivity contribution in [3.63, 3.8) is 0 Å². The second-order valence-electron chi connectivity index (χ2n) is 8.95. The van der Waals surface area contributed by atoms with Crippen LogP contribution in [-0.2, 0) is 9.47 Å². The third-order valence-electron chi connectivity index (χ3n) is 5.93. The van der Waals surface area contributed by atoms with Crippen LogP contribution in [0.4, 0.5) is 0 Å². The van der Waals surface area contributed by atoms with E-state index in [1.165, 1.54) is 5.56 Å². The highest BCUT2D eigenvalue weighted by Gasteiger charge is 2.16. The van der Waals surface area contributed by atoms with Gasteiger partial charge in [-0.25, -0.2) is 4.98 Å². The van der Waals surface area contributed by atoms with Crippen LogP contribution in [0.5, 0.6) is 0 Å². The van der Waals surface area contributed by atoms with Crippen molar-refractivity contribution in [3.05, 3.63) is 150 Å². The first-order chi connectivity index (χ1) is 19.9. The Bertz CT molecular complexity index is 1630. The van der Waals surface area contributed by atoms with Gasteiger partial charge in [0.2, 0.25) is 17.7 Å². The number of hydrogen-bond acceptors (Lipinski definition) is 7. The van der Waals surface area contributed by atoms with Gasteiger partial charge in [-0.3, -0.25) is 16.2 Å². The molecule has 7 nitrogen and oxygen atoms in total. The molecule has 1 aliphatic rings. The molecule has 1 heterocycles. The highest BCUT2D eigenvalue weighted by Crippen LogP contribution is 2.29. The Morgan fingerprint density at radius 2 is 1.59 bits per heavy atom. The molecule has 0 saturated carbocycles. The van der Waals surface area contributed by atoms with Crippen molar-refractivity contribution in [1.29, 1.82) is 16.2 Å². The van der Waals surface area contributed by atoms with Crippen molar-refractivity contribution in [2.75, 3.05) is 0 Å². The standard InChI is InChI=1S/C27H22N4O3.C7H8/c1-18(32-17-28)21-13-22(26(30)34-25(29)20-11-7-4-8-12-20)15-23(14-21)27-31-16-24(33-27)19-9-5-2-3-6-10-19;1-7-5-3-2-4-6-7/h2-5,7-17,28-30H,1,6H2;2-6H,1H3. The van der Waals surface area contributed by atoms with Crippen LogP contribution in [0.1, 0.15) is 34.4 Å². The van der Waals surface area contributed by atoms with Gasteiger partial charge < -0.3 is 13.9 Å². The number of nitrogens with one attached hydrogen (secondary N) is 3. The monoisotopic (exact) mass is 542 g/mol. The van der Waals surface area contributed by atoms with Crippen molar-refractivity contribution < 1.29 is 13.9 Å². The first kappa shape index (κ1) is 28.4. The fourth-order valence-corrected chi connectivity index (χ4v) is 3.83. The molecule has 3 N–H and O–H groups in total. The minimum atomic E-state index is -0.230. The van der Waals surface area contributed by atoms with Crippen LogP contribution in [-0.4, -0.2) is 23.2 Å². The Labute approximate surface area is 239 Å². The molecule has 5 rings (SSSR count). The van der Waals surface area contributed by atoms with E-state index in [-0.39, 0.29) is 17.6 Å². The lowest BCUT2D eigenvalue weighted by atomic mass is 10.0. The number of oxazole rings is 1. The second kappa shape index (κ2) is 14.0. The quantitative estimate of drug-likeness (QED) is 0.124. The number of ether oxygens (including phenoxy) is 2. The van der Waals surface area contributed by atoms with Crippen molar-refractivity contribution in [2.45, 2.75) is 13.3 Å². The summed E-state index contributed by atoms with van der Waals surface area (Å²) in [5, 5.41) is 23.8. The fraction of sp³-hybridized carbons (Fsp3) is 0.0588. The molecule has 0 amide bonds. The zero-order chi connectivity index (χ0) is 29.0. The summed E-state index contributed by atoms with van der Waals surface area (Å²) in [6, 6.07) is 24.2. The summed E-state index contributed by atoms with van der Waals surface area (Å²) in [5.74, 6) is 0.807. The first-order valence-electron chi connectivity index (χ1n) is 12.9. The van der Waals surface area contributed by atoms with Crippen molar-refractivity contribution in [1.82, 2.24) is 4.98 Å². The van der Waals surface area contributed by atoms with Gasteiger partial charge in [-0.05, 0) is 43.7 Å². The molecule has 1 aliphatic carbocycles. The Morgan fingerprint density at radius 1 is 0.902 bits per heavy atom. The van der Waals surface area contributed by atoms with Gasteiger partial charge in [0.15, 0.2) is 12.2 Å². The van der Waals surface area contributed by atoms with Gasteiger partial charge in [0, 0.05) is 27.8 Å². The molecule has 4 aromatic rings. The largest absolute Gasteiger partial charge is 0.446 e. The lowest BCUT2D eigenvalue weighted by molar-refractivity contribution is 0.527. The lowest BCUT2D eigenvalue weighted by Gasteiger charge is -2.12. The predicted molar refractivity (Wildman–Crippen MR) is 164 cm³/mol. The lowest BCUT2D eigenvalue weighted by Crippen LogP contribution is -2.13. The summed E-state index contributed by atoms with van der Waals surface area (Å²) >= 11 is 0. The van der Waals surface area contributed by atoms with Gasteiger partial charge in [-0.1, -0.05) is 91.1 Å². The first-order valence-corrected chi connectivity index (χ1v) is 12.9. The predicted octanol–water partition coefficient (Wildman–Crippen LogP) is 8.20. The van der Waals surface area contributed by atoms with Crippen LogP contribution < -0.4 is 0 Å². The van der Waals surface area contributed by atoms with Gasteiger partial charge >= 0.3 is 0 Å². The van der Waals surface area contributed by atoms with Gasteiger partial charge in [0.1, 0.15) is 5.76 Å². The number of nitrogens with zero attached hydrogens (tertiary/aromatic N) is 1. The number of allylic oxidation sites excluding steroid dienone is 6. The van der Waals surface area contributed by atoms with Gasteiger partial charge in [0.05, 0.1) is 6.20 Å². The van der Waals surface area contributed by atoms with Crippen molar-refractivity contribution in [3.8, 4) is 11.5 Å². The molecule has 204 valence electrons. The topological polar surface area (TPSA) is 116 Å². The zero-order valence-electron chi connectivity index (χ0n) is 22.6. The molecule has 0 unspecified atom stereocenters. The Kier molecular flexibility index (Phi) is 9.72.